The van der Waals surface area contributed by atoms with Crippen molar-refractivity contribution in [1.82, 2.24) is 15.5 Å². The van der Waals surface area contributed by atoms with Gasteiger partial charge in [0.25, 0.3) is 5.91 Å². The quantitative estimate of drug-likeness (QED) is 0.727. The molecule has 1 aliphatic heterocycles. The average molecular weight is 389 g/mol. The van der Waals surface area contributed by atoms with Crippen molar-refractivity contribution >= 4 is 17.8 Å². The monoisotopic (exact) mass is 389 g/mol. The lowest BCUT2D eigenvalue weighted by atomic mass is 9.82. The van der Waals surface area contributed by atoms with Crippen LogP contribution < -0.4 is 20.1 Å². The van der Waals surface area contributed by atoms with Gasteiger partial charge in [0, 0.05) is 5.56 Å². The van der Waals surface area contributed by atoms with Crippen molar-refractivity contribution in [2.75, 3.05) is 20.8 Å². The van der Waals surface area contributed by atoms with E-state index in [4.69, 9.17) is 9.47 Å². The highest BCUT2D eigenvalue weighted by Crippen LogP contribution is 2.34. The number of hydrogen-bond acceptors (Lipinski definition) is 5. The highest BCUT2D eigenvalue weighted by atomic mass is 16.5. The van der Waals surface area contributed by atoms with E-state index in [0.717, 1.165) is 29.7 Å². The molecule has 1 atom stereocenters. The van der Waals surface area contributed by atoms with E-state index in [-0.39, 0.29) is 18.5 Å². The number of rotatable bonds is 6. The third-order valence-electron chi connectivity index (χ3n) is 5.54. The standard InChI is InChI=1S/C20H27N3O5/c1-13(15-11-14(27-2)7-8-16(15)28-3)21-17(24)12-23-18(25)20(22-19(23)26)9-5-4-6-10-20/h7-8,11,13H,4-6,9-10,12H2,1-3H3,(H,21,24)(H,22,26)/t13-/m1/s1. The van der Waals surface area contributed by atoms with E-state index in [0.29, 0.717) is 24.3 Å². The number of benzene rings is 1. The molecule has 0 unspecified atom stereocenters. The summed E-state index contributed by atoms with van der Waals surface area (Å²) in [6, 6.07) is 4.44. The second kappa shape index (κ2) is 8.08. The van der Waals surface area contributed by atoms with Crippen molar-refractivity contribution in [2.24, 2.45) is 0 Å². The molecule has 0 aromatic heterocycles. The number of carbonyl (C=O) groups is 3. The van der Waals surface area contributed by atoms with Crippen LogP contribution in [0.5, 0.6) is 11.5 Å². The van der Waals surface area contributed by atoms with Crippen molar-refractivity contribution in [3.8, 4) is 11.5 Å². The van der Waals surface area contributed by atoms with Gasteiger partial charge in [-0.25, -0.2) is 4.79 Å². The fourth-order valence-corrected chi connectivity index (χ4v) is 4.00. The predicted octanol–water partition coefficient (Wildman–Crippen LogP) is 2.14. The summed E-state index contributed by atoms with van der Waals surface area (Å²) >= 11 is 0. The van der Waals surface area contributed by atoms with Crippen molar-refractivity contribution in [1.29, 1.82) is 0 Å². The number of urea groups is 1. The van der Waals surface area contributed by atoms with Gasteiger partial charge >= 0.3 is 6.03 Å². The third kappa shape index (κ3) is 3.76. The van der Waals surface area contributed by atoms with E-state index in [2.05, 4.69) is 10.6 Å². The van der Waals surface area contributed by atoms with Crippen LogP contribution in [-0.2, 0) is 9.59 Å². The number of nitrogens with zero attached hydrogens (tertiary/aromatic N) is 1. The molecule has 3 rings (SSSR count). The lowest BCUT2D eigenvalue weighted by molar-refractivity contribution is -0.136. The topological polar surface area (TPSA) is 97.0 Å². The van der Waals surface area contributed by atoms with Crippen LogP contribution in [0, 0.1) is 0 Å². The lowest BCUT2D eigenvalue weighted by Crippen LogP contribution is -2.49. The van der Waals surface area contributed by atoms with E-state index in [1.165, 1.54) is 0 Å². The Hall–Kier alpha value is -2.77. The van der Waals surface area contributed by atoms with E-state index >= 15 is 0 Å². The van der Waals surface area contributed by atoms with Crippen molar-refractivity contribution < 1.29 is 23.9 Å². The summed E-state index contributed by atoms with van der Waals surface area (Å²) in [6.07, 6.45) is 4.13. The summed E-state index contributed by atoms with van der Waals surface area (Å²) in [5.41, 5.74) is -0.0757. The minimum atomic E-state index is -0.822. The minimum Gasteiger partial charge on any atom is -0.497 e. The normalized spacial score (nSPS) is 19.3. The van der Waals surface area contributed by atoms with Gasteiger partial charge in [-0.15, -0.1) is 0 Å². The van der Waals surface area contributed by atoms with Gasteiger partial charge in [0.15, 0.2) is 0 Å². The van der Waals surface area contributed by atoms with Crippen molar-refractivity contribution in [2.45, 2.75) is 50.6 Å². The van der Waals surface area contributed by atoms with E-state index in [9.17, 15) is 14.4 Å². The molecule has 1 aromatic rings. The maximum Gasteiger partial charge on any atom is 0.325 e. The molecule has 2 aliphatic rings. The number of imide groups is 1. The highest BCUT2D eigenvalue weighted by molar-refractivity contribution is 6.09. The molecule has 2 N–H and O–H groups in total. The molecule has 8 nitrogen and oxygen atoms in total. The zero-order valence-electron chi connectivity index (χ0n) is 16.5. The van der Waals surface area contributed by atoms with Crippen LogP contribution in [0.2, 0.25) is 0 Å². The molecule has 1 saturated heterocycles. The summed E-state index contributed by atoms with van der Waals surface area (Å²) in [6.45, 7) is 1.51. The molecule has 1 aliphatic carbocycles. The zero-order valence-corrected chi connectivity index (χ0v) is 16.5. The first-order valence-corrected chi connectivity index (χ1v) is 9.55. The van der Waals surface area contributed by atoms with Crippen LogP contribution in [0.4, 0.5) is 4.79 Å². The Balaban J connectivity index is 1.67. The number of amides is 4. The molecular formula is C20H27N3O5. The molecule has 0 bridgehead atoms. The Kier molecular flexibility index (Phi) is 5.76. The molecule has 1 heterocycles. The van der Waals surface area contributed by atoms with Crippen LogP contribution in [0.25, 0.3) is 0 Å². The molecule has 8 heteroatoms. The van der Waals surface area contributed by atoms with Gasteiger partial charge in [0.1, 0.15) is 23.6 Å². The molecule has 1 spiro atoms. The molecule has 1 aromatic carbocycles. The SMILES string of the molecule is COc1ccc(OC)c([C@@H](C)NC(=O)CN2C(=O)NC3(CCCCC3)C2=O)c1. The fourth-order valence-electron chi connectivity index (χ4n) is 4.00. The van der Waals surface area contributed by atoms with E-state index < -0.39 is 17.5 Å². The van der Waals surface area contributed by atoms with E-state index in [1.807, 2.05) is 6.92 Å². The largest absolute Gasteiger partial charge is 0.497 e. The van der Waals surface area contributed by atoms with Crippen molar-refractivity contribution in [3.05, 3.63) is 23.8 Å². The molecule has 28 heavy (non-hydrogen) atoms. The van der Waals surface area contributed by atoms with Gasteiger partial charge < -0.3 is 20.1 Å². The van der Waals surface area contributed by atoms with Gasteiger partial charge in [-0.1, -0.05) is 19.3 Å². The molecule has 152 valence electrons. The Labute approximate surface area is 164 Å². The van der Waals surface area contributed by atoms with Gasteiger partial charge in [-0.2, -0.15) is 0 Å². The molecular weight excluding hydrogens is 362 g/mol. The first kappa shape index (κ1) is 20.0. The predicted molar refractivity (Wildman–Crippen MR) is 102 cm³/mol. The summed E-state index contributed by atoms with van der Waals surface area (Å²) in [5, 5.41) is 5.65. The molecule has 1 saturated carbocycles. The van der Waals surface area contributed by atoms with Crippen LogP contribution in [0.15, 0.2) is 18.2 Å². The molecule has 2 fully saturated rings. The number of carbonyl (C=O) groups excluding carboxylic acids is 3. The lowest BCUT2D eigenvalue weighted by Gasteiger charge is -2.30. The number of hydrogen-bond donors (Lipinski definition) is 2. The second-order valence-electron chi connectivity index (χ2n) is 7.36. The smallest absolute Gasteiger partial charge is 0.325 e. The first-order chi connectivity index (χ1) is 13.4. The van der Waals surface area contributed by atoms with Crippen molar-refractivity contribution in [3.63, 3.8) is 0 Å². The minimum absolute atomic E-state index is 0.293. The maximum absolute atomic E-state index is 12.8. The van der Waals surface area contributed by atoms with Gasteiger partial charge in [0.2, 0.25) is 5.91 Å². The van der Waals surface area contributed by atoms with Crippen LogP contribution in [0.1, 0.15) is 50.6 Å². The number of ether oxygens (including phenoxy) is 2. The molecule has 4 amide bonds. The average Bonchev–Trinajstić information content (AvgIpc) is 2.91. The Bertz CT molecular complexity index is 773. The number of methoxy groups -OCH3 is 2. The Morgan fingerprint density at radius 3 is 2.57 bits per heavy atom. The fraction of sp³-hybridized carbons (Fsp3) is 0.550. The summed E-state index contributed by atoms with van der Waals surface area (Å²) < 4.78 is 10.6. The number of nitrogens with one attached hydrogen (secondary N) is 2. The maximum atomic E-state index is 12.8. The van der Waals surface area contributed by atoms with E-state index in [1.54, 1.807) is 32.4 Å². The van der Waals surface area contributed by atoms with Gasteiger partial charge in [-0.3, -0.25) is 14.5 Å². The Morgan fingerprint density at radius 1 is 1.21 bits per heavy atom. The van der Waals surface area contributed by atoms with Gasteiger partial charge in [0.05, 0.1) is 20.3 Å². The summed E-state index contributed by atoms with van der Waals surface area (Å²) in [5.74, 6) is 0.558. The third-order valence-corrected chi connectivity index (χ3v) is 5.54. The highest BCUT2D eigenvalue weighted by Gasteiger charge is 2.51. The first-order valence-electron chi connectivity index (χ1n) is 9.55. The van der Waals surface area contributed by atoms with Crippen LogP contribution in [0.3, 0.4) is 0 Å². The zero-order chi connectivity index (χ0) is 20.3. The van der Waals surface area contributed by atoms with Crippen LogP contribution >= 0.6 is 0 Å². The molecule has 0 radical (unpaired) electrons. The summed E-state index contributed by atoms with van der Waals surface area (Å²) in [7, 11) is 3.12. The Morgan fingerprint density at radius 2 is 1.93 bits per heavy atom. The summed E-state index contributed by atoms with van der Waals surface area (Å²) in [4.78, 5) is 38.7. The second-order valence-corrected chi connectivity index (χ2v) is 7.36. The van der Waals surface area contributed by atoms with Gasteiger partial charge in [-0.05, 0) is 38.0 Å². The van der Waals surface area contributed by atoms with Crippen LogP contribution in [-0.4, -0.2) is 49.0 Å².